The Balaban J connectivity index is 0.753. The summed E-state index contributed by atoms with van der Waals surface area (Å²) in [7, 11) is -2.91. The van der Waals surface area contributed by atoms with Crippen LogP contribution in [0.5, 0.6) is 5.75 Å². The standard InChI is InChI=1S/C52H64BrN12O7P/c1-6-33-26-39(57-51-54-29-37(53)48(59-51)56-38-13-12-35-36(47(38)73(4,5)70)28-55-64(7-2)50(35)68)44(71-8-3)27-43(33)62-20-17-34(18-21-62)61-24-22-60(23-25-61)30-32-16-19-63(31-32)40-10-9-11-41-46(40)72-52(69)65(41)42-14-15-45(66)58-49(42)67/h9-13,26-29,32,34,42H,6-8,14-25,30-31H2,1-5H3,(H,58,66,67)(H2,54,56,57,59). The Labute approximate surface area is 432 Å². The smallest absolute Gasteiger partial charge is 0.420 e. The molecule has 73 heavy (non-hydrogen) atoms. The van der Waals surface area contributed by atoms with Gasteiger partial charge in [0.1, 0.15) is 24.8 Å². The SMILES string of the molecule is CCOc1cc(N2CCC(N3CCN(CC4CCN(c5cccc6c5oc(=O)n6C5CCC(=O)NC5=O)C4)CC3)CC2)c(CC)cc1Nc1ncc(Br)c(Nc2ccc3c(=O)n(CC)ncc3c2P(C)(C)=O)n1. The molecule has 21 heteroatoms. The Morgan fingerprint density at radius 1 is 0.863 bits per heavy atom. The lowest BCUT2D eigenvalue weighted by molar-refractivity contribution is -0.135. The number of amides is 2. The number of imide groups is 1. The molecule has 7 heterocycles. The maximum absolute atomic E-state index is 13.8. The lowest BCUT2D eigenvalue weighted by Gasteiger charge is -2.44. The van der Waals surface area contributed by atoms with Gasteiger partial charge in [0.2, 0.25) is 17.8 Å². The molecule has 4 fully saturated rings. The number of nitrogens with zero attached hydrogens (tertiary/aromatic N) is 9. The van der Waals surface area contributed by atoms with Crippen molar-refractivity contribution in [2.75, 3.05) is 99.3 Å². The Morgan fingerprint density at radius 3 is 2.37 bits per heavy atom. The second-order valence-electron chi connectivity index (χ2n) is 19.9. The number of halogens is 1. The van der Waals surface area contributed by atoms with Crippen LogP contribution in [0.25, 0.3) is 21.9 Å². The fourth-order valence-corrected chi connectivity index (χ4v) is 13.1. The van der Waals surface area contributed by atoms with Crippen molar-refractivity contribution in [2.45, 2.75) is 77.9 Å². The summed E-state index contributed by atoms with van der Waals surface area (Å²) in [6.45, 7) is 19.1. The quantitative estimate of drug-likeness (QED) is 0.0726. The average Bonchev–Trinajstić information content (AvgIpc) is 3.98. The predicted octanol–water partition coefficient (Wildman–Crippen LogP) is 6.66. The highest BCUT2D eigenvalue weighted by molar-refractivity contribution is 9.10. The lowest BCUT2D eigenvalue weighted by Crippen LogP contribution is -2.54. The molecule has 2 atom stereocenters. The Bertz CT molecular complexity index is 3250. The van der Waals surface area contributed by atoms with Gasteiger partial charge < -0.3 is 39.1 Å². The van der Waals surface area contributed by atoms with Crippen molar-refractivity contribution >= 4 is 96.6 Å². The Kier molecular flexibility index (Phi) is 14.5. The number of carbonyl (C=O) groups is 2. The second kappa shape index (κ2) is 21.0. The fraction of sp³-hybridized carbons (Fsp3) is 0.481. The van der Waals surface area contributed by atoms with Crippen LogP contribution < -0.4 is 47.1 Å². The average molecular weight is 1080 g/mol. The van der Waals surface area contributed by atoms with E-state index in [-0.39, 0.29) is 24.3 Å². The molecule has 4 aliphatic rings. The van der Waals surface area contributed by atoms with E-state index in [1.54, 1.807) is 37.9 Å². The third kappa shape index (κ3) is 10.3. The molecule has 0 spiro atoms. The van der Waals surface area contributed by atoms with E-state index in [1.165, 1.54) is 20.5 Å². The molecular formula is C52H64BrN12O7P. The van der Waals surface area contributed by atoms with E-state index in [0.717, 1.165) is 96.0 Å². The summed E-state index contributed by atoms with van der Waals surface area (Å²) in [5, 5.41) is 15.1. The molecule has 2 amide bonds. The van der Waals surface area contributed by atoms with Crippen molar-refractivity contribution in [3.8, 4) is 5.75 Å². The van der Waals surface area contributed by atoms with E-state index in [9.17, 15) is 23.7 Å². The zero-order valence-electron chi connectivity index (χ0n) is 42.2. The molecule has 0 saturated carbocycles. The molecule has 0 radical (unpaired) electrons. The number of oxazole rings is 1. The highest BCUT2D eigenvalue weighted by atomic mass is 79.9. The van der Waals surface area contributed by atoms with Crippen molar-refractivity contribution in [1.82, 2.24) is 39.4 Å². The van der Waals surface area contributed by atoms with E-state index in [1.807, 2.05) is 32.0 Å². The minimum Gasteiger partial charge on any atom is -0.492 e. The summed E-state index contributed by atoms with van der Waals surface area (Å²) in [6.07, 6.45) is 7.78. The maximum atomic E-state index is 13.8. The van der Waals surface area contributed by atoms with Crippen LogP contribution >= 0.6 is 23.1 Å². The molecule has 4 aliphatic heterocycles. The number of anilines is 6. The molecule has 0 aliphatic carbocycles. The van der Waals surface area contributed by atoms with Crippen LogP contribution in [0.1, 0.15) is 64.5 Å². The monoisotopic (exact) mass is 1080 g/mol. The molecule has 3 N–H and O–H groups in total. The number of hydrogen-bond donors (Lipinski definition) is 3. The number of piperidine rings is 2. The zero-order chi connectivity index (χ0) is 51.1. The number of fused-ring (bicyclic) bond motifs is 2. The number of nitrogens with one attached hydrogen (secondary N) is 3. The summed E-state index contributed by atoms with van der Waals surface area (Å²) in [5.41, 5.74) is 5.44. The summed E-state index contributed by atoms with van der Waals surface area (Å²) < 4.78 is 29.3. The lowest BCUT2D eigenvalue weighted by atomic mass is 9.99. The van der Waals surface area contributed by atoms with Crippen molar-refractivity contribution in [2.24, 2.45) is 5.92 Å². The molecule has 2 unspecified atom stereocenters. The topological polar surface area (TPSA) is 205 Å². The third-order valence-electron chi connectivity index (χ3n) is 15.0. The number of aryl methyl sites for hydroxylation is 2. The van der Waals surface area contributed by atoms with Gasteiger partial charge in [-0.25, -0.2) is 14.5 Å². The van der Waals surface area contributed by atoms with Crippen LogP contribution in [-0.4, -0.2) is 131 Å². The van der Waals surface area contributed by atoms with Crippen LogP contribution in [0.15, 0.2) is 73.3 Å². The van der Waals surface area contributed by atoms with Gasteiger partial charge in [0.05, 0.1) is 45.2 Å². The van der Waals surface area contributed by atoms with Gasteiger partial charge in [0.15, 0.2) is 5.58 Å². The van der Waals surface area contributed by atoms with Crippen LogP contribution in [0.2, 0.25) is 0 Å². The van der Waals surface area contributed by atoms with E-state index in [2.05, 4.69) is 80.6 Å². The molecule has 3 aromatic carbocycles. The van der Waals surface area contributed by atoms with Gasteiger partial charge in [0, 0.05) is 107 Å². The first-order chi connectivity index (χ1) is 35.2. The number of hydrogen-bond acceptors (Lipinski definition) is 16. The predicted molar refractivity (Wildman–Crippen MR) is 290 cm³/mol. The maximum Gasteiger partial charge on any atom is 0.420 e. The minimum absolute atomic E-state index is 0.184. The summed E-state index contributed by atoms with van der Waals surface area (Å²) in [6, 6.07) is 13.3. The first kappa shape index (κ1) is 50.5. The second-order valence-corrected chi connectivity index (χ2v) is 23.9. The Morgan fingerprint density at radius 2 is 1.64 bits per heavy atom. The normalized spacial score (nSPS) is 19.5. The number of para-hydroxylation sites is 1. The van der Waals surface area contributed by atoms with Crippen molar-refractivity contribution in [3.63, 3.8) is 0 Å². The fourth-order valence-electron chi connectivity index (χ4n) is 11.3. The highest BCUT2D eigenvalue weighted by Crippen LogP contribution is 2.42. The molecule has 386 valence electrons. The van der Waals surface area contributed by atoms with E-state index >= 15 is 0 Å². The van der Waals surface area contributed by atoms with Gasteiger partial charge in [-0.2, -0.15) is 10.1 Å². The number of rotatable bonds is 15. The number of aromatic nitrogens is 5. The number of piperazine rings is 1. The minimum atomic E-state index is -2.91. The molecule has 4 saturated heterocycles. The van der Waals surface area contributed by atoms with Crippen LogP contribution in [0.3, 0.4) is 0 Å². The third-order valence-corrected chi connectivity index (χ3v) is 17.1. The molecule has 10 rings (SSSR count). The van der Waals surface area contributed by atoms with Crippen molar-refractivity contribution in [1.29, 1.82) is 0 Å². The molecular weight excluding hydrogens is 1020 g/mol. The first-order valence-corrected chi connectivity index (χ1v) is 29.0. The van der Waals surface area contributed by atoms with E-state index in [0.29, 0.717) is 80.0 Å². The number of benzene rings is 3. The van der Waals surface area contributed by atoms with Crippen LogP contribution in [0, 0.1) is 5.92 Å². The van der Waals surface area contributed by atoms with E-state index < -0.39 is 24.8 Å². The van der Waals surface area contributed by atoms with Crippen LogP contribution in [-0.2, 0) is 27.1 Å². The summed E-state index contributed by atoms with van der Waals surface area (Å²) in [4.78, 5) is 70.3. The largest absolute Gasteiger partial charge is 0.492 e. The highest BCUT2D eigenvalue weighted by Gasteiger charge is 2.35. The van der Waals surface area contributed by atoms with Gasteiger partial charge in [-0.05, 0) is 117 Å². The summed E-state index contributed by atoms with van der Waals surface area (Å²) >= 11 is 3.61. The molecule has 3 aromatic heterocycles. The van der Waals surface area contributed by atoms with Crippen LogP contribution in [0.4, 0.5) is 34.5 Å². The zero-order valence-corrected chi connectivity index (χ0v) is 44.6. The van der Waals surface area contributed by atoms with Crippen molar-refractivity contribution in [3.05, 3.63) is 85.8 Å². The summed E-state index contributed by atoms with van der Waals surface area (Å²) in [5.74, 6) is 0.645. The van der Waals surface area contributed by atoms with Gasteiger partial charge in [-0.1, -0.05) is 13.0 Å². The first-order valence-electron chi connectivity index (χ1n) is 25.6. The van der Waals surface area contributed by atoms with Gasteiger partial charge in [-0.15, -0.1) is 0 Å². The number of ether oxygens (including phenoxy) is 1. The number of carbonyl (C=O) groups excluding carboxylic acids is 2. The molecule has 6 aromatic rings. The van der Waals surface area contributed by atoms with Gasteiger partial charge >= 0.3 is 5.76 Å². The Hall–Kier alpha value is -6.08. The molecule has 19 nitrogen and oxygen atoms in total. The van der Waals surface area contributed by atoms with Crippen molar-refractivity contribution < 1.29 is 23.3 Å². The van der Waals surface area contributed by atoms with E-state index in [4.69, 9.17) is 14.1 Å². The van der Waals surface area contributed by atoms with Gasteiger partial charge in [-0.3, -0.25) is 29.2 Å². The van der Waals surface area contributed by atoms with Gasteiger partial charge in [0.25, 0.3) is 5.56 Å². The molecule has 0 bridgehead atoms.